The lowest BCUT2D eigenvalue weighted by Crippen LogP contribution is -2.11. The summed E-state index contributed by atoms with van der Waals surface area (Å²) in [5.74, 6) is -0.664. The fourth-order valence-electron chi connectivity index (χ4n) is 2.69. The highest BCUT2D eigenvalue weighted by molar-refractivity contribution is 5.66. The smallest absolute Gasteiger partial charge is 0.303 e. The normalized spacial score (nSPS) is 9.97. The molecule has 7 nitrogen and oxygen atoms in total. The maximum absolute atomic E-state index is 10.3. The van der Waals surface area contributed by atoms with Gasteiger partial charge < -0.3 is 33.1 Å². The number of unbranched alkanes of at least 4 members (excludes halogenated alkanes) is 14. The molecule has 0 radical (unpaired) electrons. The molecular weight excluding hydrogens is 368 g/mol. The maximum Gasteiger partial charge on any atom is 0.303 e. The summed E-state index contributed by atoms with van der Waals surface area (Å²) in [6.07, 6.45) is 19.0. The Morgan fingerprint density at radius 2 is 0.724 bits per heavy atom. The molecule has 0 aliphatic heterocycles. The van der Waals surface area contributed by atoms with E-state index in [1.165, 1.54) is 77.0 Å². The zero-order chi connectivity index (χ0) is 22.4. The van der Waals surface area contributed by atoms with E-state index in [1.54, 1.807) is 0 Å². The van der Waals surface area contributed by atoms with E-state index in [-0.39, 0.29) is 0 Å². The third-order valence-electron chi connectivity index (χ3n) is 4.38. The third-order valence-corrected chi connectivity index (χ3v) is 4.38. The number of aliphatic hydroxyl groups is 1. The van der Waals surface area contributed by atoms with Gasteiger partial charge in [-0.1, -0.05) is 83.5 Å². The van der Waals surface area contributed by atoms with E-state index >= 15 is 0 Å². The number of nitrogens with two attached hydrogens (primary N) is 4. The predicted molar refractivity (Wildman–Crippen MR) is 125 cm³/mol. The number of carboxylic acid groups (broad SMARTS) is 1. The molecule has 0 atom stereocenters. The lowest BCUT2D eigenvalue weighted by Gasteiger charge is -2.03. The van der Waals surface area contributed by atoms with Crippen LogP contribution in [0.3, 0.4) is 0 Å². The average Bonchev–Trinajstić information content (AvgIpc) is 2.73. The number of carbonyl (C=O) groups is 1. The molecule has 29 heavy (non-hydrogen) atoms. The van der Waals surface area contributed by atoms with Crippen molar-refractivity contribution in [2.45, 2.75) is 103 Å². The zero-order valence-electron chi connectivity index (χ0n) is 19.0. The minimum absolute atomic E-state index is 0.333. The quantitative estimate of drug-likeness (QED) is 0.175. The maximum atomic E-state index is 10.3. The second-order valence-corrected chi connectivity index (χ2v) is 7.33. The second-order valence-electron chi connectivity index (χ2n) is 7.33. The van der Waals surface area contributed by atoms with E-state index in [2.05, 4.69) is 0 Å². The molecule has 0 spiro atoms. The van der Waals surface area contributed by atoms with Crippen LogP contribution in [0.1, 0.15) is 103 Å². The molecular formula is C22H52N4O3. The first-order valence-electron chi connectivity index (χ1n) is 11.7. The van der Waals surface area contributed by atoms with E-state index < -0.39 is 5.97 Å². The Balaban J connectivity index is -0.000000712. The zero-order valence-corrected chi connectivity index (χ0v) is 19.0. The van der Waals surface area contributed by atoms with Gasteiger partial charge in [-0.05, 0) is 12.8 Å². The largest absolute Gasteiger partial charge is 0.481 e. The lowest BCUT2D eigenvalue weighted by molar-refractivity contribution is -0.137. The summed E-state index contributed by atoms with van der Waals surface area (Å²) in [7, 11) is 0. The molecule has 0 aromatic rings. The number of aliphatic hydroxyl groups excluding tert-OH is 1. The summed E-state index contributed by atoms with van der Waals surface area (Å²) >= 11 is 0. The van der Waals surface area contributed by atoms with Gasteiger partial charge in [0, 0.05) is 39.2 Å². The van der Waals surface area contributed by atoms with Crippen LogP contribution in [0, 0.1) is 0 Å². The molecule has 0 aliphatic carbocycles. The number of rotatable bonds is 19. The van der Waals surface area contributed by atoms with Crippen molar-refractivity contribution in [2.75, 3.05) is 32.8 Å². The van der Waals surface area contributed by atoms with Crippen LogP contribution in [0.5, 0.6) is 0 Å². The molecule has 0 amide bonds. The first kappa shape index (κ1) is 32.9. The fraction of sp³-hybridized carbons (Fsp3) is 0.955. The van der Waals surface area contributed by atoms with E-state index in [1.807, 2.05) is 0 Å². The minimum atomic E-state index is -0.664. The summed E-state index contributed by atoms with van der Waals surface area (Å²) in [5, 5.41) is 17.2. The van der Waals surface area contributed by atoms with Gasteiger partial charge in [0.15, 0.2) is 0 Å². The second kappa shape index (κ2) is 34.8. The molecule has 0 unspecified atom stereocenters. The molecule has 0 saturated carbocycles. The minimum Gasteiger partial charge on any atom is -0.481 e. The molecule has 10 N–H and O–H groups in total. The Kier molecular flexibility index (Phi) is 39.5. The van der Waals surface area contributed by atoms with Crippen LogP contribution in [-0.2, 0) is 4.79 Å². The van der Waals surface area contributed by atoms with Gasteiger partial charge in [0.2, 0.25) is 0 Å². The van der Waals surface area contributed by atoms with E-state index in [4.69, 9.17) is 33.1 Å². The van der Waals surface area contributed by atoms with Gasteiger partial charge in [-0.15, -0.1) is 0 Å². The van der Waals surface area contributed by atoms with Crippen LogP contribution in [0.25, 0.3) is 0 Å². The van der Waals surface area contributed by atoms with Gasteiger partial charge in [-0.2, -0.15) is 0 Å². The predicted octanol–water partition coefficient (Wildman–Crippen LogP) is 3.11. The molecule has 0 heterocycles. The summed E-state index contributed by atoms with van der Waals surface area (Å²) in [6, 6.07) is 0. The standard InChI is InChI=1S/C18H36O3.2C2H8N2/c19-17-15-13-11-9-7-5-3-1-2-4-6-8-10-12-14-16-18(20)21;2*3-1-2-4/h19H,1-17H2,(H,20,21);2*1-4H2. The Bertz CT molecular complexity index is 275. The van der Waals surface area contributed by atoms with Gasteiger partial charge in [0.1, 0.15) is 0 Å². The van der Waals surface area contributed by atoms with Gasteiger partial charge in [0.25, 0.3) is 0 Å². The summed E-state index contributed by atoms with van der Waals surface area (Å²) in [5.41, 5.74) is 19.6. The Morgan fingerprint density at radius 1 is 0.483 bits per heavy atom. The SMILES string of the molecule is NCCN.NCCN.O=C(O)CCCCCCCCCCCCCCCCCO. The van der Waals surface area contributed by atoms with Crippen molar-refractivity contribution in [3.05, 3.63) is 0 Å². The van der Waals surface area contributed by atoms with Crippen LogP contribution < -0.4 is 22.9 Å². The monoisotopic (exact) mass is 420 g/mol. The molecule has 0 rings (SSSR count). The van der Waals surface area contributed by atoms with E-state index in [9.17, 15) is 4.79 Å². The van der Waals surface area contributed by atoms with Crippen molar-refractivity contribution >= 4 is 5.97 Å². The van der Waals surface area contributed by atoms with Crippen molar-refractivity contribution in [1.29, 1.82) is 0 Å². The molecule has 0 saturated heterocycles. The topological polar surface area (TPSA) is 162 Å². The van der Waals surface area contributed by atoms with Crippen molar-refractivity contribution < 1.29 is 15.0 Å². The Morgan fingerprint density at radius 3 is 0.931 bits per heavy atom. The van der Waals surface area contributed by atoms with Crippen molar-refractivity contribution in [1.82, 2.24) is 0 Å². The van der Waals surface area contributed by atoms with Gasteiger partial charge >= 0.3 is 5.97 Å². The van der Waals surface area contributed by atoms with Crippen molar-refractivity contribution in [3.63, 3.8) is 0 Å². The number of hydrogen-bond donors (Lipinski definition) is 6. The Hall–Kier alpha value is -0.730. The van der Waals surface area contributed by atoms with Gasteiger partial charge in [-0.25, -0.2) is 0 Å². The highest BCUT2D eigenvalue weighted by Crippen LogP contribution is 2.13. The number of carboxylic acids is 1. The molecule has 178 valence electrons. The Labute approximate surface area is 180 Å². The molecule has 0 aromatic carbocycles. The van der Waals surface area contributed by atoms with Crippen LogP contribution in [-0.4, -0.2) is 49.0 Å². The van der Waals surface area contributed by atoms with E-state index in [0.29, 0.717) is 39.2 Å². The summed E-state index contributed by atoms with van der Waals surface area (Å²) in [6.45, 7) is 2.74. The number of hydrogen-bond acceptors (Lipinski definition) is 6. The van der Waals surface area contributed by atoms with Crippen LogP contribution >= 0.6 is 0 Å². The third kappa shape index (κ3) is 46.9. The lowest BCUT2D eigenvalue weighted by atomic mass is 10.0. The molecule has 0 aliphatic rings. The van der Waals surface area contributed by atoms with Gasteiger partial charge in [0.05, 0.1) is 0 Å². The summed E-state index contributed by atoms with van der Waals surface area (Å²) < 4.78 is 0. The molecule has 0 bridgehead atoms. The van der Waals surface area contributed by atoms with Crippen LogP contribution in [0.15, 0.2) is 0 Å². The molecule has 0 fully saturated rings. The van der Waals surface area contributed by atoms with Crippen molar-refractivity contribution in [3.8, 4) is 0 Å². The van der Waals surface area contributed by atoms with Crippen LogP contribution in [0.2, 0.25) is 0 Å². The fourth-order valence-corrected chi connectivity index (χ4v) is 2.69. The highest BCUT2D eigenvalue weighted by atomic mass is 16.4. The van der Waals surface area contributed by atoms with Crippen molar-refractivity contribution in [2.24, 2.45) is 22.9 Å². The average molecular weight is 421 g/mol. The number of aliphatic carboxylic acids is 1. The molecule has 7 heteroatoms. The van der Waals surface area contributed by atoms with Gasteiger partial charge in [-0.3, -0.25) is 4.79 Å². The first-order valence-corrected chi connectivity index (χ1v) is 11.7. The molecule has 0 aromatic heterocycles. The summed E-state index contributed by atoms with van der Waals surface area (Å²) in [4.78, 5) is 10.3. The first-order chi connectivity index (χ1) is 14.1. The van der Waals surface area contributed by atoms with Crippen LogP contribution in [0.4, 0.5) is 0 Å². The highest BCUT2D eigenvalue weighted by Gasteiger charge is 1.97. The van der Waals surface area contributed by atoms with E-state index in [0.717, 1.165) is 19.3 Å².